The van der Waals surface area contributed by atoms with Crippen molar-refractivity contribution in [3.63, 3.8) is 0 Å². The number of aliphatic hydroxyl groups excluding tert-OH is 1. The minimum Gasteiger partial charge on any atom is -0.382 e. The van der Waals surface area contributed by atoms with Crippen LogP contribution in [0.2, 0.25) is 0 Å². The molecule has 2 aromatic rings. The van der Waals surface area contributed by atoms with Gasteiger partial charge in [0.1, 0.15) is 6.10 Å². The van der Waals surface area contributed by atoms with Gasteiger partial charge in [-0.2, -0.15) is 16.4 Å². The van der Waals surface area contributed by atoms with E-state index in [-0.39, 0.29) is 0 Å². The summed E-state index contributed by atoms with van der Waals surface area (Å²) in [6.07, 6.45) is 1.11. The maximum absolute atomic E-state index is 10.6. The highest BCUT2D eigenvalue weighted by Crippen LogP contribution is 2.31. The predicted octanol–water partition coefficient (Wildman–Crippen LogP) is 2.66. The summed E-state index contributed by atoms with van der Waals surface area (Å²) < 4.78 is 2.72. The van der Waals surface area contributed by atoms with Gasteiger partial charge in [0.05, 0.1) is 22.9 Å². The Morgan fingerprint density at radius 2 is 2.21 bits per heavy atom. The van der Waals surface area contributed by atoms with Gasteiger partial charge < -0.3 is 10.0 Å². The Morgan fingerprint density at radius 1 is 1.47 bits per heavy atom. The molecule has 1 atom stereocenters. The van der Waals surface area contributed by atoms with Crippen LogP contribution in [0.1, 0.15) is 22.9 Å². The standard InChI is InChI=1S/C13H18BrN3OS/c1-9-7-19-8-10(9)13(18)12-11(14)6-15-17(12)5-4-16(2)3/h6-8,13,18H,4-5H2,1-3H3. The first kappa shape index (κ1) is 14.7. The van der Waals surface area contributed by atoms with E-state index in [2.05, 4.69) is 25.9 Å². The van der Waals surface area contributed by atoms with E-state index in [0.29, 0.717) is 0 Å². The molecule has 1 unspecified atom stereocenters. The topological polar surface area (TPSA) is 41.3 Å². The molecule has 0 aliphatic heterocycles. The lowest BCUT2D eigenvalue weighted by Gasteiger charge is -2.16. The van der Waals surface area contributed by atoms with Crippen LogP contribution in [-0.4, -0.2) is 40.4 Å². The average molecular weight is 344 g/mol. The van der Waals surface area contributed by atoms with E-state index in [1.807, 2.05) is 36.5 Å². The van der Waals surface area contributed by atoms with Gasteiger partial charge in [0.2, 0.25) is 0 Å². The molecule has 104 valence electrons. The van der Waals surface area contributed by atoms with Crippen molar-refractivity contribution in [2.45, 2.75) is 19.6 Å². The Kier molecular flexibility index (Phi) is 4.78. The van der Waals surface area contributed by atoms with Crippen molar-refractivity contribution in [2.24, 2.45) is 0 Å². The number of hydrogen-bond acceptors (Lipinski definition) is 4. The van der Waals surface area contributed by atoms with Crippen LogP contribution in [0.25, 0.3) is 0 Å². The molecule has 19 heavy (non-hydrogen) atoms. The van der Waals surface area contributed by atoms with Gasteiger partial charge >= 0.3 is 0 Å². The molecular formula is C13H18BrN3OS. The van der Waals surface area contributed by atoms with E-state index >= 15 is 0 Å². The van der Waals surface area contributed by atoms with E-state index in [9.17, 15) is 5.11 Å². The fraction of sp³-hybridized carbons (Fsp3) is 0.462. The average Bonchev–Trinajstić information content (AvgIpc) is 2.92. The maximum Gasteiger partial charge on any atom is 0.123 e. The molecule has 2 rings (SSSR count). The highest BCUT2D eigenvalue weighted by atomic mass is 79.9. The van der Waals surface area contributed by atoms with Crippen molar-refractivity contribution in [3.8, 4) is 0 Å². The number of halogens is 1. The number of nitrogens with zero attached hydrogens (tertiary/aromatic N) is 3. The highest BCUT2D eigenvalue weighted by molar-refractivity contribution is 9.10. The van der Waals surface area contributed by atoms with Crippen LogP contribution >= 0.6 is 27.3 Å². The van der Waals surface area contributed by atoms with Gasteiger partial charge in [-0.1, -0.05) is 0 Å². The number of likely N-dealkylation sites (N-methyl/N-ethyl adjacent to an activating group) is 1. The van der Waals surface area contributed by atoms with Gasteiger partial charge in [-0.25, -0.2) is 0 Å². The van der Waals surface area contributed by atoms with Crippen molar-refractivity contribution in [3.05, 3.63) is 38.3 Å². The molecule has 0 spiro atoms. The molecule has 0 fully saturated rings. The second-order valence-electron chi connectivity index (χ2n) is 4.82. The molecule has 0 radical (unpaired) electrons. The molecule has 0 saturated heterocycles. The van der Waals surface area contributed by atoms with Crippen molar-refractivity contribution in [1.29, 1.82) is 0 Å². The zero-order chi connectivity index (χ0) is 14.0. The summed E-state index contributed by atoms with van der Waals surface area (Å²) in [5.41, 5.74) is 2.89. The summed E-state index contributed by atoms with van der Waals surface area (Å²) in [7, 11) is 4.05. The van der Waals surface area contributed by atoms with Crippen LogP contribution in [0.5, 0.6) is 0 Å². The van der Waals surface area contributed by atoms with E-state index in [1.165, 1.54) is 0 Å². The maximum atomic E-state index is 10.6. The molecule has 0 aliphatic carbocycles. The molecule has 4 nitrogen and oxygen atoms in total. The number of thiophene rings is 1. The summed E-state index contributed by atoms with van der Waals surface area (Å²) in [5, 5.41) is 19.0. The number of hydrogen-bond donors (Lipinski definition) is 1. The predicted molar refractivity (Wildman–Crippen MR) is 81.6 cm³/mol. The minimum absolute atomic E-state index is 0.634. The lowest BCUT2D eigenvalue weighted by molar-refractivity contribution is 0.204. The van der Waals surface area contributed by atoms with Gasteiger partial charge in [0.25, 0.3) is 0 Å². The lowest BCUT2D eigenvalue weighted by Crippen LogP contribution is -2.21. The molecule has 0 amide bonds. The molecule has 0 aromatic carbocycles. The van der Waals surface area contributed by atoms with Crippen molar-refractivity contribution < 1.29 is 5.11 Å². The molecule has 2 aromatic heterocycles. The normalized spacial score (nSPS) is 13.2. The third kappa shape index (κ3) is 3.25. The van der Waals surface area contributed by atoms with Gasteiger partial charge in [0.15, 0.2) is 0 Å². The summed E-state index contributed by atoms with van der Waals surface area (Å²) >= 11 is 5.09. The summed E-state index contributed by atoms with van der Waals surface area (Å²) in [6, 6.07) is 0. The largest absolute Gasteiger partial charge is 0.382 e. The first-order valence-corrected chi connectivity index (χ1v) is 7.81. The quantitative estimate of drug-likeness (QED) is 0.907. The van der Waals surface area contributed by atoms with E-state index in [0.717, 1.165) is 34.4 Å². The Balaban J connectivity index is 2.28. The minimum atomic E-state index is -0.634. The Morgan fingerprint density at radius 3 is 2.79 bits per heavy atom. The highest BCUT2D eigenvalue weighted by Gasteiger charge is 2.21. The first-order chi connectivity index (χ1) is 9.00. The summed E-state index contributed by atoms with van der Waals surface area (Å²) in [5.74, 6) is 0. The first-order valence-electron chi connectivity index (χ1n) is 6.07. The molecule has 6 heteroatoms. The van der Waals surface area contributed by atoms with Crippen molar-refractivity contribution in [1.82, 2.24) is 14.7 Å². The Hall–Kier alpha value is -0.690. The fourth-order valence-corrected chi connectivity index (χ4v) is 3.30. The Labute approximate surface area is 125 Å². The van der Waals surface area contributed by atoms with Crippen LogP contribution in [0.3, 0.4) is 0 Å². The summed E-state index contributed by atoms with van der Waals surface area (Å²) in [4.78, 5) is 2.10. The van der Waals surface area contributed by atoms with Crippen LogP contribution in [0.15, 0.2) is 21.4 Å². The van der Waals surface area contributed by atoms with Gasteiger partial charge in [0, 0.05) is 12.1 Å². The third-order valence-electron chi connectivity index (χ3n) is 3.04. The van der Waals surface area contributed by atoms with Gasteiger partial charge in [-0.15, -0.1) is 0 Å². The van der Waals surface area contributed by atoms with Crippen molar-refractivity contribution >= 4 is 27.3 Å². The molecule has 0 saturated carbocycles. The molecular weight excluding hydrogens is 326 g/mol. The van der Waals surface area contributed by atoms with Crippen LogP contribution in [0, 0.1) is 6.92 Å². The second-order valence-corrected chi connectivity index (χ2v) is 6.41. The molecule has 2 heterocycles. The van der Waals surface area contributed by atoms with Gasteiger partial charge in [-0.3, -0.25) is 4.68 Å². The van der Waals surface area contributed by atoms with E-state index in [1.54, 1.807) is 17.5 Å². The number of aryl methyl sites for hydroxylation is 1. The monoisotopic (exact) mass is 343 g/mol. The summed E-state index contributed by atoms with van der Waals surface area (Å²) in [6.45, 7) is 3.66. The second kappa shape index (κ2) is 6.17. The number of aliphatic hydroxyl groups is 1. The van der Waals surface area contributed by atoms with Crippen LogP contribution in [-0.2, 0) is 6.54 Å². The molecule has 0 aliphatic rings. The number of rotatable bonds is 5. The Bertz CT molecular complexity index is 550. The molecule has 1 N–H and O–H groups in total. The fourth-order valence-electron chi connectivity index (χ4n) is 1.91. The third-order valence-corrected chi connectivity index (χ3v) is 4.53. The van der Waals surface area contributed by atoms with Crippen LogP contribution in [0.4, 0.5) is 0 Å². The van der Waals surface area contributed by atoms with Gasteiger partial charge in [-0.05, 0) is 53.3 Å². The van der Waals surface area contributed by atoms with E-state index < -0.39 is 6.10 Å². The molecule has 0 bridgehead atoms. The zero-order valence-corrected chi connectivity index (χ0v) is 13.7. The van der Waals surface area contributed by atoms with E-state index in [4.69, 9.17) is 0 Å². The van der Waals surface area contributed by atoms with Crippen LogP contribution < -0.4 is 0 Å². The number of aromatic nitrogens is 2. The zero-order valence-electron chi connectivity index (χ0n) is 11.3. The van der Waals surface area contributed by atoms with Crippen molar-refractivity contribution in [2.75, 3.05) is 20.6 Å². The smallest absolute Gasteiger partial charge is 0.123 e. The SMILES string of the molecule is Cc1cscc1C(O)c1c(Br)cnn1CCN(C)C. The lowest BCUT2D eigenvalue weighted by atomic mass is 10.1.